The van der Waals surface area contributed by atoms with Gasteiger partial charge in [0.25, 0.3) is 16.7 Å². The molecule has 8 nitrogen and oxygen atoms in total. The van der Waals surface area contributed by atoms with Crippen LogP contribution in [0.2, 0.25) is 0 Å². The molecular weight excluding hydrogens is 338 g/mol. The van der Waals surface area contributed by atoms with Crippen molar-refractivity contribution >= 4 is 28.1 Å². The number of hydrogen-bond acceptors (Lipinski definition) is 9. The molecule has 4 aromatic heterocycles. The first-order chi connectivity index (χ1) is 11.2. The third-order valence-corrected chi connectivity index (χ3v) is 4.79. The average Bonchev–Trinajstić information content (AvgIpc) is 3.24. The molecule has 23 heavy (non-hydrogen) atoms. The van der Waals surface area contributed by atoms with Crippen molar-refractivity contribution in [2.45, 2.75) is 17.9 Å². The zero-order valence-electron chi connectivity index (χ0n) is 11.8. The number of aryl methyl sites for hydroxylation is 1. The number of nitrogens with zero attached hydrogens (tertiary/aromatic N) is 5. The van der Waals surface area contributed by atoms with Crippen LogP contribution in [-0.2, 0) is 5.75 Å². The highest BCUT2D eigenvalue weighted by atomic mass is 32.2. The van der Waals surface area contributed by atoms with E-state index < -0.39 is 0 Å². The van der Waals surface area contributed by atoms with Crippen LogP contribution in [0.1, 0.15) is 10.7 Å². The van der Waals surface area contributed by atoms with E-state index >= 15 is 0 Å². The maximum absolute atomic E-state index is 11.8. The third kappa shape index (κ3) is 2.78. The van der Waals surface area contributed by atoms with Gasteiger partial charge in [-0.1, -0.05) is 23.1 Å². The molecular formula is C13H9N5O3S2. The van der Waals surface area contributed by atoms with E-state index in [1.807, 2.05) is 0 Å². The molecule has 0 saturated carbocycles. The molecule has 4 rings (SSSR count). The molecule has 0 aliphatic carbocycles. The zero-order chi connectivity index (χ0) is 15.8. The predicted molar refractivity (Wildman–Crippen MR) is 83.4 cm³/mol. The van der Waals surface area contributed by atoms with Crippen molar-refractivity contribution in [2.75, 3.05) is 0 Å². The largest absolute Gasteiger partial charge is 0.459 e. The Labute approximate surface area is 137 Å². The molecule has 116 valence electrons. The summed E-state index contributed by atoms with van der Waals surface area (Å²) < 4.78 is 12.0. The summed E-state index contributed by atoms with van der Waals surface area (Å²) in [4.78, 5) is 16.7. The van der Waals surface area contributed by atoms with Gasteiger partial charge >= 0.3 is 0 Å². The topological polar surface area (TPSA) is 99.3 Å². The van der Waals surface area contributed by atoms with Crippen LogP contribution < -0.4 is 5.56 Å². The highest BCUT2D eigenvalue weighted by Crippen LogP contribution is 2.27. The summed E-state index contributed by atoms with van der Waals surface area (Å²) in [6.45, 7) is 1.78. The lowest BCUT2D eigenvalue weighted by Crippen LogP contribution is -2.14. The first-order valence-electron chi connectivity index (χ1n) is 6.55. The summed E-state index contributed by atoms with van der Waals surface area (Å²) in [5, 5.41) is 13.3. The van der Waals surface area contributed by atoms with Crippen LogP contribution in [-0.4, -0.2) is 24.8 Å². The van der Waals surface area contributed by atoms with E-state index in [1.54, 1.807) is 25.3 Å². The Balaban J connectivity index is 1.53. The van der Waals surface area contributed by atoms with Crippen LogP contribution in [0.4, 0.5) is 0 Å². The van der Waals surface area contributed by atoms with Gasteiger partial charge < -0.3 is 8.83 Å². The van der Waals surface area contributed by atoms with Crippen LogP contribution in [0.5, 0.6) is 0 Å². The number of fused-ring (bicyclic) bond motifs is 1. The zero-order valence-corrected chi connectivity index (χ0v) is 13.4. The molecule has 0 aromatic carbocycles. The Morgan fingerprint density at radius 3 is 3.13 bits per heavy atom. The van der Waals surface area contributed by atoms with Crippen LogP contribution in [0, 0.1) is 6.92 Å². The van der Waals surface area contributed by atoms with Gasteiger partial charge in [0.15, 0.2) is 5.76 Å². The standard InChI is InChI=1S/C13H9N5O3S2/c1-7-5-10(19)18-12(14-7)23-9(17-18)6-22-13-16-15-11(21-13)8-3-2-4-20-8/h2-5H,6H2,1H3. The van der Waals surface area contributed by atoms with Crippen molar-refractivity contribution in [1.29, 1.82) is 0 Å². The predicted octanol–water partition coefficient (Wildman–Crippen LogP) is 2.39. The van der Waals surface area contributed by atoms with Crippen LogP contribution in [0.3, 0.4) is 0 Å². The minimum atomic E-state index is -0.183. The highest BCUT2D eigenvalue weighted by Gasteiger charge is 2.13. The Bertz CT molecular complexity index is 1020. The minimum absolute atomic E-state index is 0.183. The molecule has 0 aliphatic heterocycles. The summed E-state index contributed by atoms with van der Waals surface area (Å²) in [6, 6.07) is 4.95. The molecule has 0 atom stereocenters. The molecule has 10 heteroatoms. The molecule has 0 fully saturated rings. The summed E-state index contributed by atoms with van der Waals surface area (Å²) in [5.74, 6) is 1.36. The van der Waals surface area contributed by atoms with Gasteiger partial charge in [-0.15, -0.1) is 10.2 Å². The van der Waals surface area contributed by atoms with Crippen LogP contribution in [0.25, 0.3) is 16.6 Å². The quantitative estimate of drug-likeness (QED) is 0.519. The fraction of sp³-hybridized carbons (Fsp3) is 0.154. The van der Waals surface area contributed by atoms with Crippen molar-refractivity contribution in [2.24, 2.45) is 0 Å². The van der Waals surface area contributed by atoms with E-state index in [4.69, 9.17) is 8.83 Å². The van der Waals surface area contributed by atoms with Gasteiger partial charge in [0.05, 0.1) is 12.0 Å². The van der Waals surface area contributed by atoms with E-state index in [1.165, 1.54) is 33.7 Å². The van der Waals surface area contributed by atoms with E-state index in [-0.39, 0.29) is 5.56 Å². The van der Waals surface area contributed by atoms with Gasteiger partial charge in [-0.2, -0.15) is 9.61 Å². The lowest BCUT2D eigenvalue weighted by atomic mass is 10.5. The Morgan fingerprint density at radius 1 is 1.39 bits per heavy atom. The van der Waals surface area contributed by atoms with Gasteiger partial charge in [0.2, 0.25) is 4.96 Å². The van der Waals surface area contributed by atoms with Crippen molar-refractivity contribution in [1.82, 2.24) is 24.8 Å². The monoisotopic (exact) mass is 347 g/mol. The molecule has 0 unspecified atom stereocenters. The number of rotatable bonds is 4. The van der Waals surface area contributed by atoms with Gasteiger partial charge in [-0.05, 0) is 19.1 Å². The SMILES string of the molecule is Cc1cc(=O)n2nc(CSc3nnc(-c4ccco4)o3)sc2n1. The molecule has 0 N–H and O–H groups in total. The fourth-order valence-electron chi connectivity index (χ4n) is 1.91. The minimum Gasteiger partial charge on any atom is -0.459 e. The summed E-state index contributed by atoms with van der Waals surface area (Å²) >= 11 is 2.70. The second-order valence-electron chi connectivity index (χ2n) is 4.57. The Morgan fingerprint density at radius 2 is 2.30 bits per heavy atom. The van der Waals surface area contributed by atoms with Gasteiger partial charge in [0, 0.05) is 11.8 Å². The van der Waals surface area contributed by atoms with E-state index in [0.717, 1.165) is 5.01 Å². The normalized spacial score (nSPS) is 11.3. The van der Waals surface area contributed by atoms with Crippen molar-refractivity contribution in [3.63, 3.8) is 0 Å². The van der Waals surface area contributed by atoms with Crippen molar-refractivity contribution < 1.29 is 8.83 Å². The maximum atomic E-state index is 11.8. The molecule has 0 radical (unpaired) electrons. The van der Waals surface area contributed by atoms with E-state index in [0.29, 0.717) is 33.3 Å². The van der Waals surface area contributed by atoms with E-state index in [2.05, 4.69) is 20.3 Å². The molecule has 4 heterocycles. The molecule has 0 saturated heterocycles. The Kier molecular flexibility index (Phi) is 3.46. The van der Waals surface area contributed by atoms with Crippen molar-refractivity contribution in [3.05, 3.63) is 45.5 Å². The van der Waals surface area contributed by atoms with Gasteiger partial charge in [0.1, 0.15) is 5.01 Å². The summed E-state index contributed by atoms with van der Waals surface area (Å²) in [6.07, 6.45) is 1.54. The molecule has 0 bridgehead atoms. The number of hydrogen-bond donors (Lipinski definition) is 0. The Hall–Kier alpha value is -2.46. The van der Waals surface area contributed by atoms with E-state index in [9.17, 15) is 4.79 Å². The fourth-order valence-corrected chi connectivity index (χ4v) is 3.60. The number of furan rings is 1. The maximum Gasteiger partial charge on any atom is 0.284 e. The number of thioether (sulfide) groups is 1. The van der Waals surface area contributed by atoms with Gasteiger partial charge in [-0.3, -0.25) is 4.79 Å². The average molecular weight is 347 g/mol. The first-order valence-corrected chi connectivity index (χ1v) is 8.36. The number of aromatic nitrogens is 5. The van der Waals surface area contributed by atoms with Crippen molar-refractivity contribution in [3.8, 4) is 11.7 Å². The smallest absolute Gasteiger partial charge is 0.284 e. The second-order valence-corrected chi connectivity index (χ2v) is 6.53. The molecule has 4 aromatic rings. The van der Waals surface area contributed by atoms with Gasteiger partial charge in [-0.25, -0.2) is 4.98 Å². The lowest BCUT2D eigenvalue weighted by Gasteiger charge is -1.90. The molecule has 0 amide bonds. The first kappa shape index (κ1) is 14.2. The summed E-state index contributed by atoms with van der Waals surface area (Å²) in [7, 11) is 0. The van der Waals surface area contributed by atoms with Crippen LogP contribution >= 0.6 is 23.1 Å². The second kappa shape index (κ2) is 5.63. The lowest BCUT2D eigenvalue weighted by molar-refractivity contribution is 0.447. The third-order valence-electron chi connectivity index (χ3n) is 2.87. The molecule has 0 spiro atoms. The van der Waals surface area contributed by atoms with Crippen LogP contribution in [0.15, 0.2) is 43.3 Å². The summed E-state index contributed by atoms with van der Waals surface area (Å²) in [5.41, 5.74) is 0.496. The highest BCUT2D eigenvalue weighted by molar-refractivity contribution is 7.98. The molecule has 0 aliphatic rings.